The molecule has 3 aromatic rings. The number of urea groups is 1. The van der Waals surface area contributed by atoms with Gasteiger partial charge in [-0.25, -0.2) is 9.78 Å². The number of methoxy groups -OCH3 is 1. The maximum atomic E-state index is 13.8. The highest BCUT2D eigenvalue weighted by molar-refractivity contribution is 5.79. The Kier molecular flexibility index (Phi) is 7.64. The van der Waals surface area contributed by atoms with E-state index >= 15 is 0 Å². The van der Waals surface area contributed by atoms with Crippen molar-refractivity contribution in [2.75, 3.05) is 13.7 Å². The standard InChI is InChI=1S/C27H36N4O3/c1-8-9-16-30(26(33)29-27(4,5)6)19(3)24-28-21-13-11-10-12-20(21)25(32)31(24)22-17-18(2)14-15-23(22)34-7/h10-15,17,19H,8-9,16H2,1-7H3,(H,29,33). The van der Waals surface area contributed by atoms with Crippen molar-refractivity contribution in [3.63, 3.8) is 0 Å². The molecule has 0 aliphatic heterocycles. The summed E-state index contributed by atoms with van der Waals surface area (Å²) in [6.45, 7) is 12.4. The first-order valence-corrected chi connectivity index (χ1v) is 11.8. The summed E-state index contributed by atoms with van der Waals surface area (Å²) in [6, 6.07) is 12.4. The summed E-state index contributed by atoms with van der Waals surface area (Å²) < 4.78 is 7.21. The van der Waals surface area contributed by atoms with Crippen LogP contribution in [0.5, 0.6) is 5.75 Å². The zero-order valence-corrected chi connectivity index (χ0v) is 21.3. The number of nitrogens with zero attached hydrogens (tertiary/aromatic N) is 3. The molecule has 182 valence electrons. The Balaban J connectivity index is 2.28. The van der Waals surface area contributed by atoms with Crippen LogP contribution in [-0.2, 0) is 0 Å². The van der Waals surface area contributed by atoms with Crippen LogP contribution in [0, 0.1) is 6.92 Å². The lowest BCUT2D eigenvalue weighted by atomic mass is 10.1. The highest BCUT2D eigenvalue weighted by atomic mass is 16.5. The zero-order valence-electron chi connectivity index (χ0n) is 21.3. The maximum absolute atomic E-state index is 13.8. The number of hydrogen-bond acceptors (Lipinski definition) is 4. The lowest BCUT2D eigenvalue weighted by Crippen LogP contribution is -2.50. The van der Waals surface area contributed by atoms with Crippen LogP contribution in [0.4, 0.5) is 4.79 Å². The minimum Gasteiger partial charge on any atom is -0.495 e. The number of unbranched alkanes of at least 4 members (excludes halogenated alkanes) is 1. The smallest absolute Gasteiger partial charge is 0.318 e. The van der Waals surface area contributed by atoms with Crippen LogP contribution in [0.25, 0.3) is 16.6 Å². The van der Waals surface area contributed by atoms with E-state index in [2.05, 4.69) is 12.2 Å². The first kappa shape index (κ1) is 25.3. The number of carbonyl (C=O) groups excluding carboxylic acids is 1. The summed E-state index contributed by atoms with van der Waals surface area (Å²) in [5.74, 6) is 1.06. The minimum atomic E-state index is -0.462. The van der Waals surface area contributed by atoms with Gasteiger partial charge >= 0.3 is 6.03 Å². The lowest BCUT2D eigenvalue weighted by Gasteiger charge is -2.33. The molecule has 1 atom stereocenters. The number of fused-ring (bicyclic) bond motifs is 1. The van der Waals surface area contributed by atoms with Gasteiger partial charge in [0.2, 0.25) is 0 Å². The SMILES string of the molecule is CCCCN(C(=O)NC(C)(C)C)C(C)c1nc2ccccc2c(=O)n1-c1cc(C)ccc1OC. The molecule has 2 aromatic carbocycles. The van der Waals surface area contributed by atoms with Crippen LogP contribution < -0.4 is 15.6 Å². The van der Waals surface area contributed by atoms with Gasteiger partial charge in [-0.3, -0.25) is 9.36 Å². The number of benzene rings is 2. The van der Waals surface area contributed by atoms with Crippen LogP contribution in [0.3, 0.4) is 0 Å². The second kappa shape index (κ2) is 10.3. The molecule has 1 aromatic heterocycles. The minimum absolute atomic E-state index is 0.182. The van der Waals surface area contributed by atoms with Crippen molar-refractivity contribution < 1.29 is 9.53 Å². The number of para-hydroxylation sites is 1. The fourth-order valence-electron chi connectivity index (χ4n) is 3.97. The molecule has 0 bridgehead atoms. The summed E-state index contributed by atoms with van der Waals surface area (Å²) >= 11 is 0. The molecule has 0 spiro atoms. The summed E-state index contributed by atoms with van der Waals surface area (Å²) in [5.41, 5.74) is 1.62. The van der Waals surface area contributed by atoms with E-state index in [1.807, 2.05) is 71.0 Å². The van der Waals surface area contributed by atoms with Crippen LogP contribution in [0.15, 0.2) is 47.3 Å². The van der Waals surface area contributed by atoms with Gasteiger partial charge in [0.1, 0.15) is 11.6 Å². The topological polar surface area (TPSA) is 76.5 Å². The Morgan fingerprint density at radius 3 is 2.56 bits per heavy atom. The summed E-state index contributed by atoms with van der Waals surface area (Å²) in [6.07, 6.45) is 1.78. The molecular formula is C27H36N4O3. The van der Waals surface area contributed by atoms with Gasteiger partial charge in [0.25, 0.3) is 5.56 Å². The van der Waals surface area contributed by atoms with Crippen molar-refractivity contribution in [2.24, 2.45) is 0 Å². The highest BCUT2D eigenvalue weighted by Crippen LogP contribution is 2.29. The van der Waals surface area contributed by atoms with Crippen molar-refractivity contribution in [3.05, 3.63) is 64.2 Å². The van der Waals surface area contributed by atoms with E-state index in [0.717, 1.165) is 18.4 Å². The first-order chi connectivity index (χ1) is 16.1. The predicted molar refractivity (Wildman–Crippen MR) is 137 cm³/mol. The number of aromatic nitrogens is 2. The Bertz CT molecular complexity index is 1230. The molecule has 7 heteroatoms. The number of amides is 2. The number of carbonyl (C=O) groups is 1. The number of rotatable bonds is 7. The molecule has 0 radical (unpaired) electrons. The summed E-state index contributed by atoms with van der Waals surface area (Å²) in [7, 11) is 1.58. The van der Waals surface area contributed by atoms with Gasteiger partial charge in [-0.15, -0.1) is 0 Å². The first-order valence-electron chi connectivity index (χ1n) is 11.8. The van der Waals surface area contributed by atoms with E-state index in [-0.39, 0.29) is 11.6 Å². The number of ether oxygens (including phenoxy) is 1. The Hall–Kier alpha value is -3.35. The Morgan fingerprint density at radius 2 is 1.91 bits per heavy atom. The molecule has 1 heterocycles. The quantitative estimate of drug-likeness (QED) is 0.510. The van der Waals surface area contributed by atoms with Crippen molar-refractivity contribution in [3.8, 4) is 11.4 Å². The lowest BCUT2D eigenvalue weighted by molar-refractivity contribution is 0.166. The van der Waals surface area contributed by atoms with Crippen LogP contribution in [0.2, 0.25) is 0 Å². The molecule has 0 saturated carbocycles. The third-order valence-electron chi connectivity index (χ3n) is 5.71. The van der Waals surface area contributed by atoms with E-state index in [9.17, 15) is 9.59 Å². The van der Waals surface area contributed by atoms with Gasteiger partial charge < -0.3 is 15.0 Å². The molecular weight excluding hydrogens is 428 g/mol. The third kappa shape index (κ3) is 5.41. The Labute approximate surface area is 201 Å². The van der Waals surface area contributed by atoms with Gasteiger partial charge in [-0.2, -0.15) is 0 Å². The maximum Gasteiger partial charge on any atom is 0.318 e. The van der Waals surface area contributed by atoms with E-state index in [1.54, 1.807) is 22.6 Å². The largest absolute Gasteiger partial charge is 0.495 e. The molecule has 0 aliphatic carbocycles. The van der Waals surface area contributed by atoms with Crippen LogP contribution in [0.1, 0.15) is 64.9 Å². The summed E-state index contributed by atoms with van der Waals surface area (Å²) in [5, 5.41) is 3.58. The second-order valence-electron chi connectivity index (χ2n) is 9.71. The molecule has 7 nitrogen and oxygen atoms in total. The number of aryl methyl sites for hydroxylation is 1. The van der Waals surface area contributed by atoms with E-state index < -0.39 is 11.6 Å². The van der Waals surface area contributed by atoms with Gasteiger partial charge in [0.05, 0.1) is 29.7 Å². The normalized spacial score (nSPS) is 12.4. The fourth-order valence-corrected chi connectivity index (χ4v) is 3.97. The molecule has 0 saturated heterocycles. The molecule has 34 heavy (non-hydrogen) atoms. The number of nitrogens with one attached hydrogen (secondary N) is 1. The van der Waals surface area contributed by atoms with Crippen molar-refractivity contribution in [1.29, 1.82) is 0 Å². The molecule has 0 fully saturated rings. The van der Waals surface area contributed by atoms with Crippen molar-refractivity contribution >= 4 is 16.9 Å². The highest BCUT2D eigenvalue weighted by Gasteiger charge is 2.29. The fraction of sp³-hybridized carbons (Fsp3) is 0.444. The summed E-state index contributed by atoms with van der Waals surface area (Å²) in [4.78, 5) is 33.8. The second-order valence-corrected chi connectivity index (χ2v) is 9.71. The average Bonchev–Trinajstić information content (AvgIpc) is 2.78. The van der Waals surface area contributed by atoms with E-state index in [1.165, 1.54) is 0 Å². The molecule has 1 unspecified atom stereocenters. The zero-order chi connectivity index (χ0) is 25.0. The number of hydrogen-bond donors (Lipinski definition) is 1. The van der Waals surface area contributed by atoms with Gasteiger partial charge in [-0.1, -0.05) is 31.5 Å². The molecule has 1 N–H and O–H groups in total. The third-order valence-corrected chi connectivity index (χ3v) is 5.71. The molecule has 0 aliphatic rings. The average molecular weight is 465 g/mol. The van der Waals surface area contributed by atoms with Crippen LogP contribution >= 0.6 is 0 Å². The van der Waals surface area contributed by atoms with Gasteiger partial charge in [-0.05, 0) is 70.9 Å². The van der Waals surface area contributed by atoms with E-state index in [0.29, 0.717) is 34.7 Å². The Morgan fingerprint density at radius 1 is 1.21 bits per heavy atom. The predicted octanol–water partition coefficient (Wildman–Crippen LogP) is 5.37. The van der Waals surface area contributed by atoms with Crippen LogP contribution in [-0.4, -0.2) is 39.7 Å². The van der Waals surface area contributed by atoms with Crippen molar-refractivity contribution in [2.45, 2.75) is 66.0 Å². The van der Waals surface area contributed by atoms with Gasteiger partial charge in [0, 0.05) is 12.1 Å². The van der Waals surface area contributed by atoms with E-state index in [4.69, 9.17) is 9.72 Å². The van der Waals surface area contributed by atoms with Crippen molar-refractivity contribution in [1.82, 2.24) is 19.8 Å². The molecule has 3 rings (SSSR count). The molecule has 2 amide bonds. The monoisotopic (exact) mass is 464 g/mol. The van der Waals surface area contributed by atoms with Gasteiger partial charge in [0.15, 0.2) is 0 Å².